The van der Waals surface area contributed by atoms with Gasteiger partial charge in [-0.1, -0.05) is 62.0 Å². The third kappa shape index (κ3) is 13.4. The second-order valence-corrected chi connectivity index (χ2v) is 13.9. The summed E-state index contributed by atoms with van der Waals surface area (Å²) in [6.07, 6.45) is 2.25. The zero-order valence-corrected chi connectivity index (χ0v) is 34.2. The quantitative estimate of drug-likeness (QED) is 0.0355. The summed E-state index contributed by atoms with van der Waals surface area (Å²) in [4.78, 5) is 45.7. The molecule has 6 rings (SSSR count). The van der Waals surface area contributed by atoms with Gasteiger partial charge in [-0.3, -0.25) is 15.0 Å². The van der Waals surface area contributed by atoms with E-state index in [0.717, 1.165) is 35.5 Å². The Morgan fingerprint density at radius 1 is 0.767 bits per heavy atom. The van der Waals surface area contributed by atoms with Gasteiger partial charge in [-0.2, -0.15) is 0 Å². The molecule has 0 bridgehead atoms. The molecule has 0 fully saturated rings. The lowest BCUT2D eigenvalue weighted by Gasteiger charge is -2.21. The van der Waals surface area contributed by atoms with Gasteiger partial charge in [0, 0.05) is 41.0 Å². The van der Waals surface area contributed by atoms with Crippen LogP contribution in [-0.4, -0.2) is 68.1 Å². The molecule has 12 nitrogen and oxygen atoms in total. The smallest absolute Gasteiger partial charge is 0.343 e. The van der Waals surface area contributed by atoms with Crippen LogP contribution in [0.15, 0.2) is 128 Å². The molecule has 1 atom stereocenters. The molecule has 5 aromatic rings. The van der Waals surface area contributed by atoms with Gasteiger partial charge < -0.3 is 33.8 Å². The summed E-state index contributed by atoms with van der Waals surface area (Å²) in [7, 11) is 1.50. The summed E-state index contributed by atoms with van der Waals surface area (Å²) in [6.45, 7) is 10.7. The van der Waals surface area contributed by atoms with Crippen molar-refractivity contribution in [3.05, 3.63) is 156 Å². The monoisotopic (exact) mass is 812 g/mol. The molecule has 0 aliphatic heterocycles. The van der Waals surface area contributed by atoms with Gasteiger partial charge in [0.05, 0.1) is 18.4 Å². The molecule has 0 aromatic heterocycles. The van der Waals surface area contributed by atoms with Crippen molar-refractivity contribution in [3.63, 3.8) is 0 Å². The van der Waals surface area contributed by atoms with E-state index in [-0.39, 0.29) is 36.5 Å². The van der Waals surface area contributed by atoms with Crippen LogP contribution in [0, 0.1) is 10.8 Å². The van der Waals surface area contributed by atoms with Gasteiger partial charge in [-0.15, -0.1) is 0 Å². The van der Waals surface area contributed by atoms with Crippen LogP contribution in [0.1, 0.15) is 71.5 Å². The van der Waals surface area contributed by atoms with Crippen molar-refractivity contribution in [1.82, 2.24) is 0 Å². The minimum absolute atomic E-state index is 0.0610. The minimum atomic E-state index is -0.805. The van der Waals surface area contributed by atoms with Crippen LogP contribution in [0.25, 0.3) is 11.1 Å². The molecule has 0 saturated carbocycles. The summed E-state index contributed by atoms with van der Waals surface area (Å²) < 4.78 is 31.8. The van der Waals surface area contributed by atoms with Crippen molar-refractivity contribution < 1.29 is 47.6 Å². The maximum Gasteiger partial charge on any atom is 0.343 e. The molecular formula is C48H48N2O10. The molecule has 0 radical (unpaired) electrons. The van der Waals surface area contributed by atoms with Crippen LogP contribution in [0.3, 0.4) is 0 Å². The van der Waals surface area contributed by atoms with Gasteiger partial charge in [0.15, 0.2) is 6.10 Å². The zero-order chi connectivity index (χ0) is 43.7. The van der Waals surface area contributed by atoms with Gasteiger partial charge in [-0.25, -0.2) is 9.59 Å². The van der Waals surface area contributed by atoms with Crippen LogP contribution in [-0.2, 0) is 19.1 Å². The van der Waals surface area contributed by atoms with E-state index in [0.29, 0.717) is 28.3 Å². The highest BCUT2D eigenvalue weighted by atomic mass is 16.6. The van der Waals surface area contributed by atoms with E-state index in [2.05, 4.69) is 18.7 Å². The highest BCUT2D eigenvalue weighted by Gasteiger charge is 2.22. The van der Waals surface area contributed by atoms with Gasteiger partial charge in [0.1, 0.15) is 48.1 Å². The first-order valence-electron chi connectivity index (χ1n) is 18.9. The largest absolute Gasteiger partial charge is 0.497 e. The highest BCUT2D eigenvalue weighted by molar-refractivity contribution is 6.22. The Hall–Kier alpha value is -7.34. The zero-order valence-electron chi connectivity index (χ0n) is 34.2. The van der Waals surface area contributed by atoms with E-state index in [1.54, 1.807) is 61.5 Å². The summed E-state index contributed by atoms with van der Waals surface area (Å²) in [5.74, 6) is 0.253. The second-order valence-electron chi connectivity index (χ2n) is 13.9. The molecule has 0 heterocycles. The van der Waals surface area contributed by atoms with Crippen LogP contribution in [0.2, 0.25) is 0 Å². The van der Waals surface area contributed by atoms with Gasteiger partial charge >= 0.3 is 17.9 Å². The van der Waals surface area contributed by atoms with Crippen molar-refractivity contribution in [3.8, 4) is 34.1 Å². The van der Waals surface area contributed by atoms with Gasteiger partial charge in [0.25, 0.3) is 0 Å². The third-order valence-electron chi connectivity index (χ3n) is 8.39. The molecule has 1 aliphatic rings. The molecule has 60 heavy (non-hydrogen) atoms. The molecular weight excluding hydrogens is 765 g/mol. The fourth-order valence-electron chi connectivity index (χ4n) is 5.50. The number of carbonyl (C=O) groups is 4. The maximum atomic E-state index is 12.5. The Balaban J connectivity index is 0.000000237. The Morgan fingerprint density at radius 2 is 1.33 bits per heavy atom. The predicted molar refractivity (Wildman–Crippen MR) is 229 cm³/mol. The van der Waals surface area contributed by atoms with E-state index < -0.39 is 24.0 Å². The van der Waals surface area contributed by atoms with Crippen molar-refractivity contribution >= 4 is 36.1 Å². The number of hydrogen-bond donors (Lipinski definition) is 2. The van der Waals surface area contributed by atoms with Gasteiger partial charge in [-0.05, 0) is 98.6 Å². The molecule has 310 valence electrons. The number of rotatable bonds is 14. The molecule has 1 unspecified atom stereocenters. The number of nitrogens with one attached hydrogen (secondary N) is 2. The fraction of sp³-hybridized carbons (Fsp3) is 0.208. The standard InChI is InChI=1S/C24H25NO8.C13H9N.C11H14O2/c1-4-22(26)31-15-20(32-23(27)5-2)14-30-18-8-6-16(7-9-18)24(28)33-21-11-10-19(29-3)12-17(21)13-25;14-13-11-7-3-1-5-9(11)10-6-2-4-8-12(10)13;1-11(2,3)13-10-6-4-9(8-12)5-7-10/h4,6-13,20,25H,1,5,14-15H2,2-3H3;1-8,14H;4-8H,1-3H3. The number of ether oxygens (including phenoxy) is 6. The summed E-state index contributed by atoms with van der Waals surface area (Å²) in [6, 6.07) is 34.2. The molecule has 0 spiro atoms. The van der Waals surface area contributed by atoms with Crippen molar-refractivity contribution in [1.29, 1.82) is 10.8 Å². The number of esters is 3. The number of aldehydes is 1. The van der Waals surface area contributed by atoms with Gasteiger partial charge in [0.2, 0.25) is 0 Å². The normalized spacial score (nSPS) is 11.3. The number of fused-ring (bicyclic) bond motifs is 3. The average molecular weight is 813 g/mol. The van der Waals surface area contributed by atoms with E-state index >= 15 is 0 Å². The Bertz CT molecular complexity index is 2250. The third-order valence-corrected chi connectivity index (χ3v) is 8.39. The van der Waals surface area contributed by atoms with Crippen LogP contribution in [0.5, 0.6) is 23.0 Å². The Morgan fingerprint density at radius 3 is 1.85 bits per heavy atom. The summed E-state index contributed by atoms with van der Waals surface area (Å²) in [5, 5.41) is 15.5. The number of benzene rings is 5. The van der Waals surface area contributed by atoms with Crippen molar-refractivity contribution in [2.24, 2.45) is 0 Å². The fourth-order valence-corrected chi connectivity index (χ4v) is 5.50. The molecule has 0 amide bonds. The van der Waals surface area contributed by atoms with Crippen LogP contribution >= 0.6 is 0 Å². The van der Waals surface area contributed by atoms with E-state index in [1.807, 2.05) is 57.2 Å². The van der Waals surface area contributed by atoms with E-state index in [1.165, 1.54) is 30.4 Å². The lowest BCUT2D eigenvalue weighted by atomic mass is 10.1. The number of carbonyl (C=O) groups excluding carboxylic acids is 4. The number of methoxy groups -OCH3 is 1. The van der Waals surface area contributed by atoms with E-state index in [9.17, 15) is 19.2 Å². The Labute approximate surface area is 349 Å². The molecule has 5 aromatic carbocycles. The van der Waals surface area contributed by atoms with Crippen molar-refractivity contribution in [2.75, 3.05) is 20.3 Å². The summed E-state index contributed by atoms with van der Waals surface area (Å²) >= 11 is 0. The topological polar surface area (TPSA) is 171 Å². The lowest BCUT2D eigenvalue weighted by Crippen LogP contribution is -2.30. The SMILES string of the molecule is C=CC(=O)OCC(COc1ccc(C(=O)Oc2ccc(OC)cc2C=N)cc1)OC(=O)CC.CC(C)(C)Oc1ccc(C=O)cc1.N=C1c2ccccc2-c2ccccc21. The first kappa shape index (κ1) is 45.4. The summed E-state index contributed by atoms with van der Waals surface area (Å²) in [5.41, 5.74) is 6.26. The first-order valence-corrected chi connectivity index (χ1v) is 18.9. The second kappa shape index (κ2) is 22.0. The van der Waals surface area contributed by atoms with Crippen molar-refractivity contribution in [2.45, 2.75) is 45.8 Å². The van der Waals surface area contributed by atoms with Crippen LogP contribution < -0.4 is 18.9 Å². The predicted octanol–water partition coefficient (Wildman–Crippen LogP) is 9.10. The van der Waals surface area contributed by atoms with E-state index in [4.69, 9.17) is 39.2 Å². The number of hydrogen-bond acceptors (Lipinski definition) is 12. The maximum absolute atomic E-state index is 12.5. The Kier molecular flexibility index (Phi) is 16.6. The minimum Gasteiger partial charge on any atom is -0.497 e. The molecule has 0 saturated heterocycles. The molecule has 1 aliphatic carbocycles. The lowest BCUT2D eigenvalue weighted by molar-refractivity contribution is -0.158. The first-order chi connectivity index (χ1) is 28.8. The molecule has 12 heteroatoms. The average Bonchev–Trinajstić information content (AvgIpc) is 3.55. The highest BCUT2D eigenvalue weighted by Crippen LogP contribution is 2.35. The molecule has 2 N–H and O–H groups in total. The van der Waals surface area contributed by atoms with Crippen LogP contribution in [0.4, 0.5) is 0 Å².